The largest absolute Gasteiger partial charge is 0.506 e. The molecule has 5 nitrogen and oxygen atoms in total. The lowest BCUT2D eigenvalue weighted by atomic mass is 10.2. The third kappa shape index (κ3) is 2.90. The number of nitrogens with one attached hydrogen (secondary N) is 1. The van der Waals surface area contributed by atoms with Crippen LogP contribution in [0.1, 0.15) is 5.56 Å². The lowest BCUT2D eigenvalue weighted by Crippen LogP contribution is -2.05. The summed E-state index contributed by atoms with van der Waals surface area (Å²) in [5.41, 5.74) is 2.64. The summed E-state index contributed by atoms with van der Waals surface area (Å²) in [6.07, 6.45) is 3.42. The monoisotopic (exact) mass is 344 g/mol. The van der Waals surface area contributed by atoms with Crippen LogP contribution in [0.15, 0.2) is 59.3 Å². The van der Waals surface area contributed by atoms with Gasteiger partial charge in [0.25, 0.3) is 0 Å². The molecule has 1 heterocycles. The van der Waals surface area contributed by atoms with Crippen LogP contribution in [-0.2, 0) is 6.54 Å². The van der Waals surface area contributed by atoms with Crippen LogP contribution in [0, 0.1) is 0 Å². The standard InChI is InChI=1S/C15H13BrN4O/c16-12-5-3-4-11(15(12)21)10-17-13-6-1-2-7-14(13)20-9-8-18-19-20/h1-9,17,21H,10H2. The highest BCUT2D eigenvalue weighted by Crippen LogP contribution is 2.28. The second-order valence-corrected chi connectivity index (χ2v) is 5.32. The molecule has 0 aliphatic rings. The SMILES string of the molecule is Oc1c(Br)cccc1CNc1ccccc1-n1ccnn1. The number of hydrogen-bond donors (Lipinski definition) is 2. The summed E-state index contributed by atoms with van der Waals surface area (Å²) >= 11 is 3.32. The van der Waals surface area contributed by atoms with Crippen LogP contribution >= 0.6 is 15.9 Å². The summed E-state index contributed by atoms with van der Waals surface area (Å²) < 4.78 is 2.38. The average molecular weight is 345 g/mol. The number of halogens is 1. The predicted molar refractivity (Wildman–Crippen MR) is 84.5 cm³/mol. The molecule has 2 aromatic carbocycles. The molecule has 2 N–H and O–H groups in total. The molecule has 0 bridgehead atoms. The first kappa shape index (κ1) is 13.6. The number of hydrogen-bond acceptors (Lipinski definition) is 4. The van der Waals surface area contributed by atoms with E-state index in [1.54, 1.807) is 17.1 Å². The summed E-state index contributed by atoms with van der Waals surface area (Å²) in [6.45, 7) is 0.511. The van der Waals surface area contributed by atoms with Crippen molar-refractivity contribution in [1.29, 1.82) is 0 Å². The molecule has 0 atom stereocenters. The highest BCUT2D eigenvalue weighted by molar-refractivity contribution is 9.10. The number of phenols is 1. The van der Waals surface area contributed by atoms with Crippen LogP contribution in [0.2, 0.25) is 0 Å². The minimum absolute atomic E-state index is 0.253. The number of aromatic hydroxyl groups is 1. The van der Waals surface area contributed by atoms with Gasteiger partial charge in [-0.15, -0.1) is 5.10 Å². The zero-order valence-corrected chi connectivity index (χ0v) is 12.7. The van der Waals surface area contributed by atoms with Crippen molar-refractivity contribution in [3.05, 3.63) is 64.9 Å². The van der Waals surface area contributed by atoms with Crippen LogP contribution in [-0.4, -0.2) is 20.1 Å². The highest BCUT2D eigenvalue weighted by Gasteiger charge is 2.07. The molecule has 1 aromatic heterocycles. The Labute approximate surface area is 130 Å². The number of para-hydroxylation sites is 3. The van der Waals surface area contributed by atoms with Crippen molar-refractivity contribution in [3.63, 3.8) is 0 Å². The molecule has 0 saturated carbocycles. The van der Waals surface area contributed by atoms with Gasteiger partial charge in [-0.25, -0.2) is 4.68 Å². The van der Waals surface area contributed by atoms with E-state index in [9.17, 15) is 5.11 Å². The first-order chi connectivity index (χ1) is 10.3. The molecular formula is C15H13BrN4O. The van der Waals surface area contributed by atoms with Crippen LogP contribution in [0.4, 0.5) is 5.69 Å². The molecule has 0 aliphatic carbocycles. The maximum atomic E-state index is 10.0. The lowest BCUT2D eigenvalue weighted by Gasteiger charge is -2.12. The predicted octanol–water partition coefficient (Wildman–Crippen LogP) is 3.35. The minimum Gasteiger partial charge on any atom is -0.506 e. The zero-order chi connectivity index (χ0) is 14.7. The smallest absolute Gasteiger partial charge is 0.134 e. The Kier molecular flexibility index (Phi) is 3.87. The van der Waals surface area contributed by atoms with Gasteiger partial charge in [0.2, 0.25) is 0 Å². The quantitative estimate of drug-likeness (QED) is 0.761. The van der Waals surface area contributed by atoms with Crippen molar-refractivity contribution in [2.24, 2.45) is 0 Å². The lowest BCUT2D eigenvalue weighted by molar-refractivity contribution is 0.465. The molecule has 0 amide bonds. The molecular weight excluding hydrogens is 332 g/mol. The van der Waals surface area contributed by atoms with E-state index < -0.39 is 0 Å². The van der Waals surface area contributed by atoms with Crippen molar-refractivity contribution in [3.8, 4) is 11.4 Å². The van der Waals surface area contributed by atoms with Gasteiger partial charge in [0.15, 0.2) is 0 Å². The normalized spacial score (nSPS) is 10.5. The molecule has 0 saturated heterocycles. The van der Waals surface area contributed by atoms with E-state index in [-0.39, 0.29) is 5.75 Å². The van der Waals surface area contributed by atoms with Gasteiger partial charge in [0.05, 0.1) is 28.2 Å². The van der Waals surface area contributed by atoms with Crippen LogP contribution in [0.25, 0.3) is 5.69 Å². The minimum atomic E-state index is 0.253. The summed E-state index contributed by atoms with van der Waals surface area (Å²) in [5, 5.41) is 21.2. The fourth-order valence-electron chi connectivity index (χ4n) is 2.05. The third-order valence-corrected chi connectivity index (χ3v) is 3.75. The number of benzene rings is 2. The molecule has 0 aliphatic heterocycles. The maximum absolute atomic E-state index is 10.0. The molecule has 0 fully saturated rings. The van der Waals surface area contributed by atoms with Gasteiger partial charge in [-0.1, -0.05) is 29.5 Å². The van der Waals surface area contributed by atoms with Crippen molar-refractivity contribution >= 4 is 21.6 Å². The van der Waals surface area contributed by atoms with E-state index in [0.29, 0.717) is 11.0 Å². The summed E-state index contributed by atoms with van der Waals surface area (Å²) in [6, 6.07) is 13.4. The van der Waals surface area contributed by atoms with Crippen molar-refractivity contribution in [2.45, 2.75) is 6.54 Å². The number of phenolic OH excluding ortho intramolecular Hbond substituents is 1. The average Bonchev–Trinajstić information content (AvgIpc) is 3.03. The molecule has 0 spiro atoms. The Morgan fingerprint density at radius 1 is 1.14 bits per heavy atom. The fourth-order valence-corrected chi connectivity index (χ4v) is 2.46. The molecule has 3 rings (SSSR count). The molecule has 6 heteroatoms. The topological polar surface area (TPSA) is 63.0 Å². The van der Waals surface area contributed by atoms with Crippen LogP contribution in [0.3, 0.4) is 0 Å². The number of nitrogens with zero attached hydrogens (tertiary/aromatic N) is 3. The second kappa shape index (κ2) is 5.97. The summed E-state index contributed by atoms with van der Waals surface area (Å²) in [5.74, 6) is 0.253. The van der Waals surface area contributed by atoms with Gasteiger partial charge < -0.3 is 10.4 Å². The van der Waals surface area contributed by atoms with Crippen LogP contribution in [0.5, 0.6) is 5.75 Å². The second-order valence-electron chi connectivity index (χ2n) is 4.47. The Morgan fingerprint density at radius 3 is 2.81 bits per heavy atom. The van der Waals surface area contributed by atoms with E-state index in [0.717, 1.165) is 16.9 Å². The Balaban J connectivity index is 1.85. The Hall–Kier alpha value is -2.34. The molecule has 106 valence electrons. The number of aromatic nitrogens is 3. The first-order valence-corrected chi connectivity index (χ1v) is 7.21. The number of anilines is 1. The van der Waals surface area contributed by atoms with Crippen molar-refractivity contribution < 1.29 is 5.11 Å². The van der Waals surface area contributed by atoms with E-state index >= 15 is 0 Å². The van der Waals surface area contributed by atoms with Crippen molar-refractivity contribution in [2.75, 3.05) is 5.32 Å². The van der Waals surface area contributed by atoms with Gasteiger partial charge in [0, 0.05) is 12.1 Å². The first-order valence-electron chi connectivity index (χ1n) is 6.41. The Morgan fingerprint density at radius 2 is 2.00 bits per heavy atom. The van der Waals surface area contributed by atoms with Gasteiger partial charge in [-0.2, -0.15) is 0 Å². The fraction of sp³-hybridized carbons (Fsp3) is 0.0667. The summed E-state index contributed by atoms with van der Waals surface area (Å²) in [4.78, 5) is 0. The molecule has 0 unspecified atom stereocenters. The van der Waals surface area contributed by atoms with Gasteiger partial charge in [0.1, 0.15) is 5.75 Å². The Bertz CT molecular complexity index is 743. The molecule has 0 radical (unpaired) electrons. The van der Waals surface area contributed by atoms with Gasteiger partial charge in [-0.3, -0.25) is 0 Å². The highest BCUT2D eigenvalue weighted by atomic mass is 79.9. The molecule has 21 heavy (non-hydrogen) atoms. The zero-order valence-electron chi connectivity index (χ0n) is 11.1. The van der Waals surface area contributed by atoms with E-state index in [1.807, 2.05) is 42.5 Å². The maximum Gasteiger partial charge on any atom is 0.134 e. The van der Waals surface area contributed by atoms with Crippen LogP contribution < -0.4 is 5.32 Å². The van der Waals surface area contributed by atoms with Crippen molar-refractivity contribution in [1.82, 2.24) is 15.0 Å². The third-order valence-electron chi connectivity index (χ3n) is 3.11. The van der Waals surface area contributed by atoms with E-state index in [1.165, 1.54) is 0 Å². The van der Waals surface area contributed by atoms with Gasteiger partial charge in [-0.05, 0) is 34.1 Å². The van der Waals surface area contributed by atoms with E-state index in [2.05, 4.69) is 31.6 Å². The summed E-state index contributed by atoms with van der Waals surface area (Å²) in [7, 11) is 0. The molecule has 3 aromatic rings. The number of rotatable bonds is 4. The van der Waals surface area contributed by atoms with E-state index in [4.69, 9.17) is 0 Å². The van der Waals surface area contributed by atoms with Gasteiger partial charge >= 0.3 is 0 Å².